The average molecular weight is 515 g/mol. The van der Waals surface area contributed by atoms with Crippen molar-refractivity contribution in [2.24, 2.45) is 0 Å². The predicted octanol–water partition coefficient (Wildman–Crippen LogP) is 5.90. The summed E-state index contributed by atoms with van der Waals surface area (Å²) in [6.07, 6.45) is 0.759. The molecule has 5 nitrogen and oxygen atoms in total. The van der Waals surface area contributed by atoms with Crippen LogP contribution in [0.2, 0.25) is 5.02 Å². The minimum Gasteiger partial charge on any atom is -0.491 e. The number of nitrogens with zero attached hydrogens (tertiary/aromatic N) is 2. The van der Waals surface area contributed by atoms with E-state index in [0.717, 1.165) is 17.5 Å². The maximum absolute atomic E-state index is 13.7. The monoisotopic (exact) mass is 514 g/mol. The molecular weight excluding hydrogens is 487 g/mol. The van der Waals surface area contributed by atoms with Crippen molar-refractivity contribution in [1.82, 2.24) is 9.80 Å². The fraction of sp³-hybridized carbons (Fsp3) is 0.333. The van der Waals surface area contributed by atoms with Gasteiger partial charge in [-0.3, -0.25) is 9.59 Å². The van der Waals surface area contributed by atoms with Gasteiger partial charge in [-0.15, -0.1) is 11.3 Å². The van der Waals surface area contributed by atoms with Gasteiger partial charge in [0.2, 0.25) is 5.91 Å². The topological polar surface area (TPSA) is 49.9 Å². The molecule has 4 rings (SSSR count). The van der Waals surface area contributed by atoms with Crippen molar-refractivity contribution in [2.75, 3.05) is 19.7 Å². The highest BCUT2D eigenvalue weighted by atomic mass is 35.5. The number of hydrogen-bond donors (Lipinski definition) is 0. The molecule has 184 valence electrons. The summed E-state index contributed by atoms with van der Waals surface area (Å²) in [7, 11) is 0. The van der Waals surface area contributed by atoms with Crippen LogP contribution in [0, 0.1) is 12.7 Å². The lowest BCUT2D eigenvalue weighted by Gasteiger charge is -2.37. The Morgan fingerprint density at radius 1 is 1.23 bits per heavy atom. The van der Waals surface area contributed by atoms with E-state index in [1.165, 1.54) is 28.0 Å². The van der Waals surface area contributed by atoms with Crippen molar-refractivity contribution < 1.29 is 18.7 Å². The van der Waals surface area contributed by atoms with E-state index in [-0.39, 0.29) is 42.6 Å². The van der Waals surface area contributed by atoms with Gasteiger partial charge in [-0.2, -0.15) is 0 Å². The second kappa shape index (κ2) is 10.8. The van der Waals surface area contributed by atoms with E-state index in [0.29, 0.717) is 17.3 Å². The second-order valence-electron chi connectivity index (χ2n) is 8.91. The molecule has 1 aliphatic rings. The van der Waals surface area contributed by atoms with Gasteiger partial charge in [-0.05, 0) is 86.2 Å². The minimum absolute atomic E-state index is 0.0942. The van der Waals surface area contributed by atoms with E-state index in [1.807, 2.05) is 44.4 Å². The van der Waals surface area contributed by atoms with Crippen LogP contribution in [-0.2, 0) is 11.2 Å². The van der Waals surface area contributed by atoms with Crippen LogP contribution in [0.1, 0.15) is 46.3 Å². The number of aryl methyl sites for hydroxylation is 1. The third kappa shape index (κ3) is 5.68. The molecule has 0 radical (unpaired) electrons. The number of benzene rings is 2. The molecule has 1 unspecified atom stereocenters. The van der Waals surface area contributed by atoms with Gasteiger partial charge in [0.05, 0.1) is 6.04 Å². The van der Waals surface area contributed by atoms with E-state index >= 15 is 0 Å². The summed E-state index contributed by atoms with van der Waals surface area (Å²) >= 11 is 7.82. The standard InChI is InChI=1S/C27H28ClFN2O3S/c1-17(2)31(27(33)19-5-4-6-20(29)14-19)15-26(32)30-11-9-25-22(10-12-35-25)24(30)16-34-21-7-8-23(28)18(3)13-21/h4-8,10,12-14,17,24H,9,11,15-16H2,1-3H3. The molecule has 1 aromatic heterocycles. The Labute approximate surface area is 214 Å². The number of carbonyl (C=O) groups excluding carboxylic acids is 2. The van der Waals surface area contributed by atoms with Crippen LogP contribution in [0.15, 0.2) is 53.9 Å². The summed E-state index contributed by atoms with van der Waals surface area (Å²) in [4.78, 5) is 31.2. The average Bonchev–Trinajstić information content (AvgIpc) is 3.31. The normalized spacial score (nSPS) is 15.1. The van der Waals surface area contributed by atoms with Gasteiger partial charge in [0, 0.05) is 28.0 Å². The van der Waals surface area contributed by atoms with Crippen molar-refractivity contribution in [1.29, 1.82) is 0 Å². The summed E-state index contributed by atoms with van der Waals surface area (Å²) in [5.74, 6) is -0.333. The lowest BCUT2D eigenvalue weighted by atomic mass is 10.00. The van der Waals surface area contributed by atoms with E-state index in [4.69, 9.17) is 16.3 Å². The number of hydrogen-bond acceptors (Lipinski definition) is 4. The zero-order valence-electron chi connectivity index (χ0n) is 20.0. The van der Waals surface area contributed by atoms with Gasteiger partial charge in [0.1, 0.15) is 24.7 Å². The molecule has 0 spiro atoms. The number of halogens is 2. The lowest BCUT2D eigenvalue weighted by molar-refractivity contribution is -0.136. The van der Waals surface area contributed by atoms with Crippen LogP contribution >= 0.6 is 22.9 Å². The van der Waals surface area contributed by atoms with Crippen LogP contribution in [0.25, 0.3) is 0 Å². The predicted molar refractivity (Wildman–Crippen MR) is 137 cm³/mol. The summed E-state index contributed by atoms with van der Waals surface area (Å²) < 4.78 is 19.8. The summed E-state index contributed by atoms with van der Waals surface area (Å²) in [5.41, 5.74) is 2.22. The lowest BCUT2D eigenvalue weighted by Crippen LogP contribution is -2.49. The van der Waals surface area contributed by atoms with E-state index in [1.54, 1.807) is 28.4 Å². The fourth-order valence-corrected chi connectivity index (χ4v) is 5.32. The summed E-state index contributed by atoms with van der Waals surface area (Å²) in [6.45, 7) is 6.35. The molecule has 8 heteroatoms. The molecule has 0 fully saturated rings. The Kier molecular flexibility index (Phi) is 7.77. The molecule has 1 aliphatic heterocycles. The molecule has 0 bridgehead atoms. The first kappa shape index (κ1) is 25.2. The van der Waals surface area contributed by atoms with Crippen molar-refractivity contribution >= 4 is 34.8 Å². The molecule has 0 saturated carbocycles. The largest absolute Gasteiger partial charge is 0.491 e. The van der Waals surface area contributed by atoms with Crippen LogP contribution in [0.4, 0.5) is 4.39 Å². The SMILES string of the molecule is Cc1cc(OCC2c3ccsc3CCN2C(=O)CN(C(=O)c2cccc(F)c2)C(C)C)ccc1Cl. The number of thiophene rings is 1. The molecule has 0 saturated heterocycles. The molecule has 0 aliphatic carbocycles. The molecule has 1 atom stereocenters. The van der Waals surface area contributed by atoms with E-state index in [9.17, 15) is 14.0 Å². The number of carbonyl (C=O) groups is 2. The highest BCUT2D eigenvalue weighted by Crippen LogP contribution is 2.34. The zero-order valence-corrected chi connectivity index (χ0v) is 21.5. The molecule has 3 aromatic rings. The first-order chi connectivity index (χ1) is 16.7. The Morgan fingerprint density at radius 3 is 2.74 bits per heavy atom. The van der Waals surface area contributed by atoms with Crippen molar-refractivity contribution in [3.05, 3.63) is 86.3 Å². The van der Waals surface area contributed by atoms with Crippen molar-refractivity contribution in [3.8, 4) is 5.75 Å². The van der Waals surface area contributed by atoms with E-state index < -0.39 is 5.82 Å². The van der Waals surface area contributed by atoms with Crippen molar-refractivity contribution in [2.45, 2.75) is 39.3 Å². The third-order valence-corrected chi connectivity index (χ3v) is 7.63. The maximum Gasteiger partial charge on any atom is 0.254 e. The number of ether oxygens (including phenoxy) is 1. The quantitative estimate of drug-likeness (QED) is 0.394. The fourth-order valence-electron chi connectivity index (χ4n) is 4.27. The van der Waals surface area contributed by atoms with E-state index in [2.05, 4.69) is 0 Å². The minimum atomic E-state index is -0.485. The van der Waals surface area contributed by atoms with Gasteiger partial charge in [0.25, 0.3) is 5.91 Å². The first-order valence-electron chi connectivity index (χ1n) is 11.6. The number of amides is 2. The molecule has 2 aromatic carbocycles. The van der Waals surface area contributed by atoms with Gasteiger partial charge < -0.3 is 14.5 Å². The smallest absolute Gasteiger partial charge is 0.254 e. The van der Waals surface area contributed by atoms with Crippen LogP contribution < -0.4 is 4.74 Å². The van der Waals surface area contributed by atoms with Crippen LogP contribution in [0.5, 0.6) is 5.75 Å². The highest BCUT2D eigenvalue weighted by molar-refractivity contribution is 7.10. The van der Waals surface area contributed by atoms with Gasteiger partial charge in [0.15, 0.2) is 0 Å². The zero-order chi connectivity index (χ0) is 25.1. The first-order valence-corrected chi connectivity index (χ1v) is 12.8. The summed E-state index contributed by atoms with van der Waals surface area (Å²) in [6, 6.07) is 12.6. The molecule has 35 heavy (non-hydrogen) atoms. The van der Waals surface area contributed by atoms with Gasteiger partial charge >= 0.3 is 0 Å². The van der Waals surface area contributed by atoms with Gasteiger partial charge in [-0.1, -0.05) is 17.7 Å². The Bertz CT molecular complexity index is 1230. The maximum atomic E-state index is 13.7. The molecule has 0 N–H and O–H groups in total. The molecule has 2 amide bonds. The summed E-state index contributed by atoms with van der Waals surface area (Å²) in [5, 5.41) is 2.70. The van der Waals surface area contributed by atoms with Crippen LogP contribution in [0.3, 0.4) is 0 Å². The van der Waals surface area contributed by atoms with Gasteiger partial charge in [-0.25, -0.2) is 4.39 Å². The Morgan fingerprint density at radius 2 is 2.03 bits per heavy atom. The third-order valence-electron chi connectivity index (χ3n) is 6.21. The number of rotatable bonds is 7. The Balaban J connectivity index is 1.54. The molecular formula is C27H28ClFN2O3S. The van der Waals surface area contributed by atoms with Crippen LogP contribution in [-0.4, -0.2) is 47.4 Å². The second-order valence-corrected chi connectivity index (χ2v) is 10.3. The number of fused-ring (bicyclic) bond motifs is 1. The highest BCUT2D eigenvalue weighted by Gasteiger charge is 2.34. The molecule has 2 heterocycles. The Hall–Kier alpha value is -2.90. The van der Waals surface area contributed by atoms with Crippen molar-refractivity contribution in [3.63, 3.8) is 0 Å².